The molecule has 0 aromatic rings. The fraction of sp³-hybridized carbons (Fsp3) is 0.946. The van der Waals surface area contributed by atoms with Gasteiger partial charge in [0.05, 0.1) is 39.9 Å². The summed E-state index contributed by atoms with van der Waals surface area (Å²) in [6.07, 6.45) is 58.6. The second-order valence-electron chi connectivity index (χ2n) is 21.0. The summed E-state index contributed by atoms with van der Waals surface area (Å²) in [6, 6.07) is -0.881. The number of nitrogens with one attached hydrogen (secondary N) is 1. The highest BCUT2D eigenvalue weighted by atomic mass is 31.2. The fourth-order valence-corrected chi connectivity index (χ4v) is 9.47. The Balaban J connectivity index is 4.10. The lowest BCUT2D eigenvalue weighted by Crippen LogP contribution is -2.45. The summed E-state index contributed by atoms with van der Waals surface area (Å²) >= 11 is 0. The molecule has 0 rings (SSSR count). The van der Waals surface area contributed by atoms with Crippen LogP contribution in [0.4, 0.5) is 0 Å². The number of quaternary nitrogens is 1. The van der Waals surface area contributed by atoms with Gasteiger partial charge in [0, 0.05) is 6.42 Å². The first-order valence-corrected chi connectivity index (χ1v) is 30.0. The minimum absolute atomic E-state index is 0.00252. The van der Waals surface area contributed by atoms with Crippen LogP contribution in [0.25, 0.3) is 0 Å². The van der Waals surface area contributed by atoms with E-state index in [2.05, 4.69) is 19.2 Å². The van der Waals surface area contributed by atoms with Crippen LogP contribution < -0.4 is 10.2 Å². The Labute approximate surface area is 405 Å². The minimum atomic E-state index is -4.59. The topological polar surface area (TPSA) is 108 Å². The van der Waals surface area contributed by atoms with Gasteiger partial charge in [-0.3, -0.25) is 9.36 Å². The number of unbranched alkanes of at least 4 members (excludes halogenated alkanes) is 40. The maximum atomic E-state index is 12.9. The Morgan fingerprint density at radius 3 is 1.15 bits per heavy atom. The van der Waals surface area contributed by atoms with Gasteiger partial charge in [0.25, 0.3) is 7.82 Å². The van der Waals surface area contributed by atoms with Gasteiger partial charge < -0.3 is 28.8 Å². The quantitative estimate of drug-likeness (QED) is 0.0272. The molecule has 0 aliphatic heterocycles. The van der Waals surface area contributed by atoms with E-state index in [1.54, 1.807) is 6.08 Å². The molecule has 3 unspecified atom stereocenters. The van der Waals surface area contributed by atoms with Crippen LogP contribution in [0.3, 0.4) is 0 Å². The first-order valence-electron chi connectivity index (χ1n) is 28.6. The van der Waals surface area contributed by atoms with E-state index in [-0.39, 0.29) is 19.1 Å². The van der Waals surface area contributed by atoms with Crippen molar-refractivity contribution in [3.05, 3.63) is 12.2 Å². The molecule has 0 aliphatic rings. The predicted octanol–water partition coefficient (Wildman–Crippen LogP) is 16.4. The Kier molecular flexibility index (Phi) is 47.7. The number of phosphoric acid groups is 1. The van der Waals surface area contributed by atoms with E-state index in [0.717, 1.165) is 38.5 Å². The molecule has 1 amide bonds. The molecule has 65 heavy (non-hydrogen) atoms. The molecule has 3 atom stereocenters. The predicted molar refractivity (Wildman–Crippen MR) is 279 cm³/mol. The molecule has 0 radical (unpaired) electrons. The Morgan fingerprint density at radius 2 is 0.831 bits per heavy atom. The monoisotopic (exact) mass is 941 g/mol. The summed E-state index contributed by atoms with van der Waals surface area (Å²) in [5, 5.41) is 13.9. The van der Waals surface area contributed by atoms with E-state index in [9.17, 15) is 19.4 Å². The van der Waals surface area contributed by atoms with Gasteiger partial charge in [0.1, 0.15) is 13.2 Å². The third kappa shape index (κ3) is 50.9. The number of aliphatic hydroxyl groups excluding tert-OH is 1. The van der Waals surface area contributed by atoms with Crippen LogP contribution in [0.15, 0.2) is 12.2 Å². The van der Waals surface area contributed by atoms with Gasteiger partial charge in [-0.15, -0.1) is 0 Å². The first-order chi connectivity index (χ1) is 31.5. The third-order valence-electron chi connectivity index (χ3n) is 13.2. The van der Waals surface area contributed by atoms with E-state index >= 15 is 0 Å². The number of aliphatic hydroxyl groups is 1. The van der Waals surface area contributed by atoms with Crippen molar-refractivity contribution in [2.45, 2.75) is 302 Å². The minimum Gasteiger partial charge on any atom is -0.756 e. The largest absolute Gasteiger partial charge is 0.756 e. The van der Waals surface area contributed by atoms with Crippen LogP contribution in [0.2, 0.25) is 0 Å². The highest BCUT2D eigenvalue weighted by Crippen LogP contribution is 2.38. The average Bonchev–Trinajstić information content (AvgIpc) is 3.26. The third-order valence-corrected chi connectivity index (χ3v) is 14.2. The van der Waals surface area contributed by atoms with Crippen LogP contribution in [0, 0.1) is 0 Å². The average molecular weight is 942 g/mol. The van der Waals surface area contributed by atoms with Gasteiger partial charge in [0.15, 0.2) is 0 Å². The van der Waals surface area contributed by atoms with E-state index in [4.69, 9.17) is 9.05 Å². The van der Waals surface area contributed by atoms with Crippen molar-refractivity contribution in [3.63, 3.8) is 0 Å². The zero-order valence-corrected chi connectivity index (χ0v) is 45.1. The first kappa shape index (κ1) is 64.2. The van der Waals surface area contributed by atoms with Crippen LogP contribution in [0.5, 0.6) is 0 Å². The van der Waals surface area contributed by atoms with Gasteiger partial charge >= 0.3 is 0 Å². The molecule has 0 saturated carbocycles. The van der Waals surface area contributed by atoms with Crippen LogP contribution in [-0.4, -0.2) is 68.5 Å². The Bertz CT molecular complexity index is 1070. The molecule has 0 fully saturated rings. The number of carbonyl (C=O) groups is 1. The van der Waals surface area contributed by atoms with E-state index < -0.39 is 20.0 Å². The van der Waals surface area contributed by atoms with Gasteiger partial charge in [-0.05, 0) is 19.3 Å². The maximum Gasteiger partial charge on any atom is 0.268 e. The Hall–Kier alpha value is -0.760. The van der Waals surface area contributed by atoms with Gasteiger partial charge in [-0.2, -0.15) is 0 Å². The van der Waals surface area contributed by atoms with E-state index in [0.29, 0.717) is 17.4 Å². The number of likely N-dealkylation sites (N-methyl/N-ethyl adjacent to an activating group) is 1. The molecule has 0 spiro atoms. The van der Waals surface area contributed by atoms with Crippen molar-refractivity contribution >= 4 is 13.7 Å². The second-order valence-corrected chi connectivity index (χ2v) is 22.4. The highest BCUT2D eigenvalue weighted by molar-refractivity contribution is 7.45. The molecule has 388 valence electrons. The zero-order chi connectivity index (χ0) is 47.8. The summed E-state index contributed by atoms with van der Waals surface area (Å²) in [7, 11) is 1.28. The Morgan fingerprint density at radius 1 is 0.523 bits per heavy atom. The number of hydrogen-bond donors (Lipinski definition) is 2. The van der Waals surface area contributed by atoms with Crippen LogP contribution in [-0.2, 0) is 18.4 Å². The summed E-state index contributed by atoms with van der Waals surface area (Å²) < 4.78 is 23.3. The fourth-order valence-electron chi connectivity index (χ4n) is 8.74. The molecule has 9 heteroatoms. The number of hydrogen-bond acceptors (Lipinski definition) is 6. The van der Waals surface area contributed by atoms with Crippen molar-refractivity contribution in [2.24, 2.45) is 0 Å². The standard InChI is InChI=1S/C56H113N2O6P/c1-6-8-10-12-14-16-18-20-22-23-24-25-26-27-28-29-30-31-32-33-34-35-36-37-39-41-43-45-47-49-55(59)54(53-64-65(61,62)63-52-51-58(3,4)5)57-56(60)50-48-46-44-42-40-38-21-19-17-15-13-11-9-7-2/h47,49,54-55,59H,6-46,48,50-53H2,1-5H3,(H-,57,60,61,62)/b49-47+. The van der Waals surface area contributed by atoms with Crippen molar-refractivity contribution in [1.82, 2.24) is 5.32 Å². The van der Waals surface area contributed by atoms with Crippen LogP contribution in [0.1, 0.15) is 290 Å². The number of phosphoric ester groups is 1. The molecule has 0 aromatic heterocycles. The van der Waals surface area contributed by atoms with Crippen LogP contribution >= 0.6 is 7.82 Å². The molecular formula is C56H113N2O6P. The normalized spacial score (nSPS) is 14.0. The molecule has 0 aliphatic carbocycles. The lowest BCUT2D eigenvalue weighted by Gasteiger charge is -2.29. The summed E-state index contributed by atoms with van der Waals surface area (Å²) in [5.41, 5.74) is 0. The second kappa shape index (κ2) is 48.3. The van der Waals surface area contributed by atoms with Gasteiger partial charge in [0.2, 0.25) is 5.91 Å². The van der Waals surface area contributed by atoms with Crippen molar-refractivity contribution < 1.29 is 32.9 Å². The molecule has 0 aromatic carbocycles. The highest BCUT2D eigenvalue weighted by Gasteiger charge is 2.23. The van der Waals surface area contributed by atoms with E-state index in [1.165, 1.54) is 231 Å². The lowest BCUT2D eigenvalue weighted by atomic mass is 10.0. The molecular weight excluding hydrogens is 828 g/mol. The molecule has 2 N–H and O–H groups in total. The number of amides is 1. The molecule has 0 heterocycles. The van der Waals surface area contributed by atoms with Crippen molar-refractivity contribution in [1.29, 1.82) is 0 Å². The number of nitrogens with zero attached hydrogens (tertiary/aromatic N) is 1. The summed E-state index contributed by atoms with van der Waals surface area (Å²) in [4.78, 5) is 25.4. The van der Waals surface area contributed by atoms with Gasteiger partial charge in [-0.25, -0.2) is 0 Å². The molecule has 0 saturated heterocycles. The maximum absolute atomic E-state index is 12.9. The summed E-state index contributed by atoms with van der Waals surface area (Å²) in [6.45, 7) is 4.69. The molecule has 8 nitrogen and oxygen atoms in total. The SMILES string of the molecule is CCCCCCCCCCCCCCCCCCCCCCCCCCCCC/C=C/C(O)C(COP(=O)([O-])OCC[N+](C)(C)C)NC(=O)CCCCCCCCCCCCCCCC. The number of allylic oxidation sites excluding steroid dienone is 1. The zero-order valence-electron chi connectivity index (χ0n) is 44.2. The summed E-state index contributed by atoms with van der Waals surface area (Å²) in [5.74, 6) is -0.192. The molecule has 0 bridgehead atoms. The van der Waals surface area contributed by atoms with Crippen molar-refractivity contribution in [2.75, 3.05) is 40.9 Å². The van der Waals surface area contributed by atoms with Crippen molar-refractivity contribution in [3.8, 4) is 0 Å². The lowest BCUT2D eigenvalue weighted by molar-refractivity contribution is -0.870. The number of rotatable bonds is 53. The smallest absolute Gasteiger partial charge is 0.268 e. The number of carbonyl (C=O) groups excluding carboxylic acids is 1. The van der Waals surface area contributed by atoms with E-state index in [1.807, 2.05) is 27.2 Å². The van der Waals surface area contributed by atoms with Gasteiger partial charge in [-0.1, -0.05) is 276 Å².